The lowest BCUT2D eigenvalue weighted by Crippen LogP contribution is -2.43. The molecule has 0 radical (unpaired) electrons. The fraction of sp³-hybridized carbons (Fsp3) is 0.417. The SMILES string of the molecule is CC(C)(CNC(=O)c1cccc(Br)c1Cl)S(C)(=O)=O. The summed E-state index contributed by atoms with van der Waals surface area (Å²) in [5.74, 6) is -0.400. The van der Waals surface area contributed by atoms with Crippen molar-refractivity contribution in [1.29, 1.82) is 0 Å². The van der Waals surface area contributed by atoms with E-state index in [4.69, 9.17) is 11.6 Å². The molecule has 0 saturated carbocycles. The molecule has 1 N–H and O–H groups in total. The van der Waals surface area contributed by atoms with Gasteiger partial charge in [-0.15, -0.1) is 0 Å². The Labute approximate surface area is 126 Å². The molecule has 4 nitrogen and oxygen atoms in total. The fourth-order valence-electron chi connectivity index (χ4n) is 1.20. The van der Waals surface area contributed by atoms with Crippen molar-refractivity contribution in [2.75, 3.05) is 12.8 Å². The zero-order chi connectivity index (χ0) is 14.8. The highest BCUT2D eigenvalue weighted by molar-refractivity contribution is 9.10. The molecule has 7 heteroatoms. The smallest absolute Gasteiger partial charge is 0.252 e. The van der Waals surface area contributed by atoms with E-state index in [1.165, 1.54) is 0 Å². The summed E-state index contributed by atoms with van der Waals surface area (Å²) in [6.45, 7) is 3.14. The van der Waals surface area contributed by atoms with E-state index in [-0.39, 0.29) is 6.54 Å². The normalized spacial score (nSPS) is 12.3. The lowest BCUT2D eigenvalue weighted by atomic mass is 10.2. The topological polar surface area (TPSA) is 63.2 Å². The highest BCUT2D eigenvalue weighted by Crippen LogP contribution is 2.26. The van der Waals surface area contributed by atoms with Gasteiger partial charge in [0.2, 0.25) is 0 Å². The van der Waals surface area contributed by atoms with Gasteiger partial charge in [0.25, 0.3) is 5.91 Å². The average molecular weight is 369 g/mol. The Morgan fingerprint density at radius 2 is 2.00 bits per heavy atom. The maximum absolute atomic E-state index is 12.0. The quantitative estimate of drug-likeness (QED) is 0.888. The second-order valence-electron chi connectivity index (χ2n) is 4.82. The maximum Gasteiger partial charge on any atom is 0.252 e. The number of carbonyl (C=O) groups excluding carboxylic acids is 1. The van der Waals surface area contributed by atoms with Crippen LogP contribution in [0.25, 0.3) is 0 Å². The van der Waals surface area contributed by atoms with Gasteiger partial charge in [0.1, 0.15) is 0 Å². The van der Waals surface area contributed by atoms with Crippen LogP contribution in [0.3, 0.4) is 0 Å². The van der Waals surface area contributed by atoms with Gasteiger partial charge in [-0.25, -0.2) is 8.42 Å². The third-order valence-electron chi connectivity index (χ3n) is 2.87. The van der Waals surface area contributed by atoms with Crippen LogP contribution in [-0.4, -0.2) is 31.9 Å². The first-order chi connectivity index (χ1) is 8.56. The monoisotopic (exact) mass is 367 g/mol. The summed E-state index contributed by atoms with van der Waals surface area (Å²) in [5.41, 5.74) is 0.306. The van der Waals surface area contributed by atoms with Crippen LogP contribution in [0, 0.1) is 0 Å². The molecular weight excluding hydrogens is 354 g/mol. The highest BCUT2D eigenvalue weighted by atomic mass is 79.9. The number of sulfone groups is 1. The highest BCUT2D eigenvalue weighted by Gasteiger charge is 2.30. The van der Waals surface area contributed by atoms with Gasteiger partial charge >= 0.3 is 0 Å². The standard InChI is InChI=1S/C12H15BrClNO3S/c1-12(2,19(3,17)18)7-15-11(16)8-5-4-6-9(13)10(8)14/h4-6H,7H2,1-3H3,(H,15,16). The molecule has 0 aliphatic carbocycles. The van der Waals surface area contributed by atoms with Crippen LogP contribution < -0.4 is 5.32 Å². The number of halogens is 2. The lowest BCUT2D eigenvalue weighted by Gasteiger charge is -2.22. The number of rotatable bonds is 4. The molecular formula is C12H15BrClNO3S. The molecule has 1 aromatic rings. The minimum atomic E-state index is -3.26. The van der Waals surface area contributed by atoms with Crippen LogP contribution in [0.1, 0.15) is 24.2 Å². The van der Waals surface area contributed by atoms with E-state index in [1.54, 1.807) is 32.0 Å². The van der Waals surface area contributed by atoms with E-state index >= 15 is 0 Å². The van der Waals surface area contributed by atoms with Crippen LogP contribution in [0.5, 0.6) is 0 Å². The van der Waals surface area contributed by atoms with E-state index in [9.17, 15) is 13.2 Å². The molecule has 0 aliphatic rings. The molecule has 0 unspecified atom stereocenters. The zero-order valence-electron chi connectivity index (χ0n) is 10.8. The largest absolute Gasteiger partial charge is 0.350 e. The second kappa shape index (κ2) is 5.81. The van der Waals surface area contributed by atoms with Gasteiger partial charge in [0, 0.05) is 17.3 Å². The fourth-order valence-corrected chi connectivity index (χ4v) is 2.11. The van der Waals surface area contributed by atoms with Crippen molar-refractivity contribution in [2.45, 2.75) is 18.6 Å². The van der Waals surface area contributed by atoms with Gasteiger partial charge in [0.05, 0.1) is 15.3 Å². The molecule has 0 aromatic heterocycles. The number of nitrogens with one attached hydrogen (secondary N) is 1. The van der Waals surface area contributed by atoms with Crippen LogP contribution in [0.15, 0.2) is 22.7 Å². The van der Waals surface area contributed by atoms with Gasteiger partial charge in [-0.05, 0) is 41.9 Å². The summed E-state index contributed by atoms with van der Waals surface area (Å²) in [6, 6.07) is 4.99. The summed E-state index contributed by atoms with van der Waals surface area (Å²) in [4.78, 5) is 12.0. The third kappa shape index (κ3) is 3.94. The van der Waals surface area contributed by atoms with E-state index in [2.05, 4.69) is 21.2 Å². The number of amides is 1. The molecule has 0 heterocycles. The Morgan fingerprint density at radius 3 is 2.53 bits per heavy atom. The van der Waals surface area contributed by atoms with Gasteiger partial charge in [0.15, 0.2) is 9.84 Å². The van der Waals surface area contributed by atoms with Crippen LogP contribution in [-0.2, 0) is 9.84 Å². The number of carbonyl (C=O) groups is 1. The van der Waals surface area contributed by atoms with Gasteiger partial charge < -0.3 is 5.32 Å². The Hall–Kier alpha value is -0.590. The molecule has 0 spiro atoms. The molecule has 0 saturated heterocycles. The number of hydrogen-bond acceptors (Lipinski definition) is 3. The third-order valence-corrected chi connectivity index (χ3v) is 6.32. The molecule has 106 valence electrons. The average Bonchev–Trinajstić information content (AvgIpc) is 2.28. The lowest BCUT2D eigenvalue weighted by molar-refractivity contribution is 0.0950. The van der Waals surface area contributed by atoms with Crippen LogP contribution >= 0.6 is 27.5 Å². The molecule has 1 rings (SSSR count). The Balaban J connectivity index is 2.85. The summed E-state index contributed by atoms with van der Waals surface area (Å²) in [5, 5.41) is 2.89. The molecule has 0 aliphatic heterocycles. The summed E-state index contributed by atoms with van der Waals surface area (Å²) in [7, 11) is -3.26. The minimum Gasteiger partial charge on any atom is -0.350 e. The molecule has 0 bridgehead atoms. The summed E-state index contributed by atoms with van der Waals surface area (Å²) >= 11 is 9.23. The molecule has 1 aromatic carbocycles. The van der Waals surface area contributed by atoms with Crippen molar-refractivity contribution < 1.29 is 13.2 Å². The Kier molecular flexibility index (Phi) is 5.03. The molecule has 1 amide bonds. The maximum atomic E-state index is 12.0. The van der Waals surface area contributed by atoms with Gasteiger partial charge in [-0.1, -0.05) is 17.7 Å². The van der Waals surface area contributed by atoms with Crippen molar-refractivity contribution in [3.05, 3.63) is 33.3 Å². The van der Waals surface area contributed by atoms with Crippen molar-refractivity contribution in [2.24, 2.45) is 0 Å². The van der Waals surface area contributed by atoms with E-state index in [1.807, 2.05) is 0 Å². The van der Waals surface area contributed by atoms with E-state index in [0.29, 0.717) is 15.1 Å². The minimum absolute atomic E-state index is 0.0213. The molecule has 0 atom stereocenters. The van der Waals surface area contributed by atoms with Crippen LogP contribution in [0.2, 0.25) is 5.02 Å². The summed E-state index contributed by atoms with van der Waals surface area (Å²) < 4.78 is 22.7. The first-order valence-electron chi connectivity index (χ1n) is 5.48. The van der Waals surface area contributed by atoms with Crippen molar-refractivity contribution in [3.63, 3.8) is 0 Å². The van der Waals surface area contributed by atoms with Crippen molar-refractivity contribution in [3.8, 4) is 0 Å². The number of hydrogen-bond donors (Lipinski definition) is 1. The van der Waals surface area contributed by atoms with E-state index < -0.39 is 20.5 Å². The Morgan fingerprint density at radius 1 is 1.42 bits per heavy atom. The first kappa shape index (κ1) is 16.5. The summed E-state index contributed by atoms with van der Waals surface area (Å²) in [6.07, 6.45) is 1.14. The molecule has 19 heavy (non-hydrogen) atoms. The predicted octanol–water partition coefficient (Wildman–Crippen LogP) is 2.66. The first-order valence-corrected chi connectivity index (χ1v) is 8.54. The van der Waals surface area contributed by atoms with E-state index in [0.717, 1.165) is 6.26 Å². The predicted molar refractivity (Wildman–Crippen MR) is 80.4 cm³/mol. The van der Waals surface area contributed by atoms with Gasteiger partial charge in [-0.2, -0.15) is 0 Å². The van der Waals surface area contributed by atoms with Crippen molar-refractivity contribution >= 4 is 43.3 Å². The van der Waals surface area contributed by atoms with Crippen LogP contribution in [0.4, 0.5) is 0 Å². The number of benzene rings is 1. The second-order valence-corrected chi connectivity index (χ2v) is 8.70. The van der Waals surface area contributed by atoms with Gasteiger partial charge in [-0.3, -0.25) is 4.79 Å². The Bertz CT molecular complexity index is 599. The van der Waals surface area contributed by atoms with Crippen molar-refractivity contribution in [1.82, 2.24) is 5.32 Å². The zero-order valence-corrected chi connectivity index (χ0v) is 14.0. The molecule has 0 fully saturated rings.